The molecule has 0 aliphatic rings. The fourth-order valence-corrected chi connectivity index (χ4v) is 3.78. The molecule has 0 aliphatic heterocycles. The number of ether oxygens (including phenoxy) is 1. The van der Waals surface area contributed by atoms with Gasteiger partial charge in [0.25, 0.3) is 0 Å². The monoisotopic (exact) mass is 464 g/mol. The second-order valence-electron chi connectivity index (χ2n) is 8.09. The maximum absolute atomic E-state index is 13.6. The Hall–Kier alpha value is -3.31. The van der Waals surface area contributed by atoms with Crippen LogP contribution in [0, 0.1) is 5.92 Å². The topological polar surface area (TPSA) is 58.6 Å². The largest absolute Gasteiger partial charge is 0.496 e. The number of nitrogens with zero attached hydrogens (tertiary/aromatic N) is 1. The summed E-state index contributed by atoms with van der Waals surface area (Å²) in [4.78, 5) is 28.5. The maximum atomic E-state index is 13.6. The van der Waals surface area contributed by atoms with Gasteiger partial charge in [-0.15, -0.1) is 0 Å². The Morgan fingerprint density at radius 1 is 0.939 bits per heavy atom. The Morgan fingerprint density at radius 3 is 2.21 bits per heavy atom. The predicted molar refractivity (Wildman–Crippen MR) is 131 cm³/mol. The number of carbonyl (C=O) groups excluding carboxylic acids is 2. The zero-order valence-corrected chi connectivity index (χ0v) is 19.9. The molecule has 3 aromatic rings. The van der Waals surface area contributed by atoms with Crippen molar-refractivity contribution in [3.05, 3.63) is 101 Å². The van der Waals surface area contributed by atoms with Crippen molar-refractivity contribution in [2.75, 3.05) is 7.11 Å². The normalized spacial score (nSPS) is 11.7. The third kappa shape index (κ3) is 6.36. The number of hydrogen-bond acceptors (Lipinski definition) is 3. The highest BCUT2D eigenvalue weighted by Crippen LogP contribution is 2.26. The lowest BCUT2D eigenvalue weighted by atomic mass is 10.0. The van der Waals surface area contributed by atoms with Gasteiger partial charge in [0.05, 0.1) is 7.11 Å². The van der Waals surface area contributed by atoms with Crippen LogP contribution >= 0.6 is 11.6 Å². The van der Waals surface area contributed by atoms with Gasteiger partial charge in [-0.3, -0.25) is 9.59 Å². The van der Waals surface area contributed by atoms with Crippen molar-refractivity contribution in [3.63, 3.8) is 0 Å². The van der Waals surface area contributed by atoms with Crippen molar-refractivity contribution in [3.8, 4) is 5.75 Å². The summed E-state index contributed by atoms with van der Waals surface area (Å²) in [7, 11) is 1.60. The van der Waals surface area contributed by atoms with Crippen LogP contribution in [0.25, 0.3) is 0 Å². The Labute approximate surface area is 200 Å². The van der Waals surface area contributed by atoms with Gasteiger partial charge in [-0.2, -0.15) is 0 Å². The number of hydrogen-bond donors (Lipinski definition) is 1. The van der Waals surface area contributed by atoms with E-state index < -0.39 is 6.04 Å². The van der Waals surface area contributed by atoms with Gasteiger partial charge in [-0.05, 0) is 29.3 Å². The lowest BCUT2D eigenvalue weighted by molar-refractivity contribution is -0.144. The van der Waals surface area contributed by atoms with E-state index in [-0.39, 0.29) is 30.8 Å². The highest BCUT2D eigenvalue weighted by Gasteiger charge is 2.32. The Kier molecular flexibility index (Phi) is 8.50. The van der Waals surface area contributed by atoms with Crippen LogP contribution in [0.3, 0.4) is 0 Å². The summed E-state index contributed by atoms with van der Waals surface area (Å²) in [6.07, 6.45) is 0. The zero-order chi connectivity index (χ0) is 23.8. The third-order valence-electron chi connectivity index (χ3n) is 5.36. The van der Waals surface area contributed by atoms with Crippen molar-refractivity contribution in [2.24, 2.45) is 5.92 Å². The molecule has 1 atom stereocenters. The van der Waals surface area contributed by atoms with E-state index in [0.717, 1.165) is 16.7 Å². The average Bonchev–Trinajstić information content (AvgIpc) is 2.83. The van der Waals surface area contributed by atoms with E-state index in [1.165, 1.54) is 0 Å². The summed E-state index contributed by atoms with van der Waals surface area (Å²) in [6, 6.07) is 23.4. The van der Waals surface area contributed by atoms with E-state index in [9.17, 15) is 9.59 Å². The molecular weight excluding hydrogens is 436 g/mol. The molecule has 0 bridgehead atoms. The van der Waals surface area contributed by atoms with Gasteiger partial charge in [-0.25, -0.2) is 0 Å². The van der Waals surface area contributed by atoms with Gasteiger partial charge in [0, 0.05) is 29.6 Å². The van der Waals surface area contributed by atoms with Crippen LogP contribution in [-0.4, -0.2) is 23.8 Å². The minimum atomic E-state index is -0.786. The Bertz CT molecular complexity index is 1070. The van der Waals surface area contributed by atoms with Gasteiger partial charge in [0.2, 0.25) is 11.8 Å². The molecule has 0 unspecified atom stereocenters. The molecule has 3 rings (SSSR count). The number of methoxy groups -OCH3 is 1. The molecule has 33 heavy (non-hydrogen) atoms. The molecule has 0 aromatic heterocycles. The van der Waals surface area contributed by atoms with Crippen LogP contribution in [-0.2, 0) is 22.7 Å². The molecule has 3 aromatic carbocycles. The van der Waals surface area contributed by atoms with Crippen molar-refractivity contribution in [2.45, 2.75) is 33.0 Å². The predicted octanol–water partition coefficient (Wildman–Crippen LogP) is 5.39. The fraction of sp³-hybridized carbons (Fsp3) is 0.259. The number of nitrogens with one attached hydrogen (secondary N) is 1. The highest BCUT2D eigenvalue weighted by atomic mass is 35.5. The molecule has 0 heterocycles. The molecule has 5 nitrogen and oxygen atoms in total. The van der Waals surface area contributed by atoms with E-state index >= 15 is 0 Å². The first-order chi connectivity index (χ1) is 15.9. The summed E-state index contributed by atoms with van der Waals surface area (Å²) in [6.45, 7) is 4.25. The molecule has 0 radical (unpaired) electrons. The van der Waals surface area contributed by atoms with Crippen LogP contribution in [0.15, 0.2) is 78.9 Å². The quantitative estimate of drug-likeness (QED) is 0.461. The molecular formula is C27H29ClN2O3. The minimum Gasteiger partial charge on any atom is -0.496 e. The van der Waals surface area contributed by atoms with Crippen molar-refractivity contribution in [1.29, 1.82) is 0 Å². The maximum Gasteiger partial charge on any atom is 0.247 e. The molecule has 6 heteroatoms. The van der Waals surface area contributed by atoms with E-state index in [1.54, 1.807) is 24.1 Å². The summed E-state index contributed by atoms with van der Waals surface area (Å²) in [5.74, 6) is 0.0668. The second-order valence-corrected chi connectivity index (χ2v) is 8.53. The van der Waals surface area contributed by atoms with Gasteiger partial charge in [-0.1, -0.05) is 86.1 Å². The molecule has 0 spiro atoms. The smallest absolute Gasteiger partial charge is 0.247 e. The van der Waals surface area contributed by atoms with E-state index in [2.05, 4.69) is 5.32 Å². The number of halogens is 1. The van der Waals surface area contributed by atoms with E-state index in [1.807, 2.05) is 80.6 Å². The van der Waals surface area contributed by atoms with Crippen molar-refractivity contribution < 1.29 is 14.3 Å². The number of amides is 2. The van der Waals surface area contributed by atoms with Crippen LogP contribution in [0.5, 0.6) is 5.75 Å². The van der Waals surface area contributed by atoms with Gasteiger partial charge in [0.15, 0.2) is 0 Å². The van der Waals surface area contributed by atoms with Crippen molar-refractivity contribution in [1.82, 2.24) is 10.2 Å². The molecule has 0 saturated heterocycles. The van der Waals surface area contributed by atoms with Crippen molar-refractivity contribution >= 4 is 23.4 Å². The zero-order valence-electron chi connectivity index (χ0n) is 19.1. The van der Waals surface area contributed by atoms with Gasteiger partial charge < -0.3 is 15.0 Å². The average molecular weight is 465 g/mol. The summed E-state index contributed by atoms with van der Waals surface area (Å²) >= 11 is 6.04. The molecule has 0 fully saturated rings. The first-order valence-corrected chi connectivity index (χ1v) is 11.3. The first kappa shape index (κ1) is 24.3. The lowest BCUT2D eigenvalue weighted by Crippen LogP contribution is -2.44. The molecule has 0 saturated carbocycles. The number of carbonyl (C=O) groups is 2. The molecule has 2 amide bonds. The summed E-state index contributed by atoms with van der Waals surface area (Å²) in [5, 5.41) is 3.63. The SMILES string of the molecule is COc1ccccc1CNC(=O)[C@H](c1ccccc1)N(Cc1ccc(Cl)cc1)C(=O)C(C)C. The van der Waals surface area contributed by atoms with Gasteiger partial charge in [0.1, 0.15) is 11.8 Å². The highest BCUT2D eigenvalue weighted by molar-refractivity contribution is 6.30. The number of para-hydroxylation sites is 1. The van der Waals surface area contributed by atoms with Crippen LogP contribution in [0.4, 0.5) is 0 Å². The molecule has 172 valence electrons. The van der Waals surface area contributed by atoms with E-state index in [0.29, 0.717) is 10.8 Å². The summed E-state index contributed by atoms with van der Waals surface area (Å²) in [5.41, 5.74) is 2.50. The number of benzene rings is 3. The Morgan fingerprint density at radius 2 is 1.58 bits per heavy atom. The lowest BCUT2D eigenvalue weighted by Gasteiger charge is -2.33. The molecule has 0 aliphatic carbocycles. The second kappa shape index (κ2) is 11.5. The van der Waals surface area contributed by atoms with E-state index in [4.69, 9.17) is 16.3 Å². The van der Waals surface area contributed by atoms with Gasteiger partial charge >= 0.3 is 0 Å². The Balaban J connectivity index is 1.94. The van der Waals surface area contributed by atoms with Crippen LogP contribution in [0.2, 0.25) is 5.02 Å². The molecule has 1 N–H and O–H groups in total. The van der Waals surface area contributed by atoms with Crippen LogP contribution < -0.4 is 10.1 Å². The number of rotatable bonds is 9. The van der Waals surface area contributed by atoms with Crippen LogP contribution in [0.1, 0.15) is 36.6 Å². The first-order valence-electron chi connectivity index (χ1n) is 10.9. The standard InChI is InChI=1S/C27H29ClN2O3/c1-19(2)27(32)30(18-20-13-15-23(28)16-14-20)25(21-9-5-4-6-10-21)26(31)29-17-22-11-7-8-12-24(22)33-3/h4-16,19,25H,17-18H2,1-3H3,(H,29,31)/t25-/m0/s1. The minimum absolute atomic E-state index is 0.105. The summed E-state index contributed by atoms with van der Waals surface area (Å²) < 4.78 is 5.40. The third-order valence-corrected chi connectivity index (χ3v) is 5.62. The fourth-order valence-electron chi connectivity index (χ4n) is 3.65.